The van der Waals surface area contributed by atoms with Crippen LogP contribution >= 0.6 is 23.6 Å². The largest absolute Gasteiger partial charge is 0.409 e. The van der Waals surface area contributed by atoms with Crippen LogP contribution in [-0.4, -0.2) is 16.3 Å². The van der Waals surface area contributed by atoms with Gasteiger partial charge in [0.25, 0.3) is 4.84 Å². The number of likely N-dealkylation sites (tertiary alicyclic amines) is 1. The van der Waals surface area contributed by atoms with Crippen molar-refractivity contribution in [2.24, 2.45) is 0 Å². The standard InChI is InChI=1S/C17H16FN3OS2/c18-13-6-2-1-5-12(13)16-19-21(17(23)22-16)11-20-9-3-7-14(20)15-8-4-10-24-15/h1-2,4-6,8,10,14H,3,7,9,11H2/p+1/t14-/m0/s1. The van der Waals surface area contributed by atoms with Gasteiger partial charge >= 0.3 is 0 Å². The molecule has 24 heavy (non-hydrogen) atoms. The average Bonchev–Trinajstić information content (AvgIpc) is 3.30. The highest BCUT2D eigenvalue weighted by molar-refractivity contribution is 7.71. The molecule has 4 rings (SSSR count). The topological polar surface area (TPSA) is 35.4 Å². The monoisotopic (exact) mass is 362 g/mol. The number of hydrogen-bond donors (Lipinski definition) is 1. The zero-order valence-corrected chi connectivity index (χ0v) is 14.6. The Bertz CT molecular complexity index is 887. The second-order valence-corrected chi connectivity index (χ2v) is 7.26. The van der Waals surface area contributed by atoms with Crippen LogP contribution in [-0.2, 0) is 6.67 Å². The van der Waals surface area contributed by atoms with Gasteiger partial charge < -0.3 is 9.32 Å². The van der Waals surface area contributed by atoms with E-state index < -0.39 is 0 Å². The van der Waals surface area contributed by atoms with Gasteiger partial charge in [0.05, 0.1) is 17.0 Å². The molecular formula is C17H17FN3OS2+. The van der Waals surface area contributed by atoms with Crippen molar-refractivity contribution >= 4 is 23.6 Å². The first-order chi connectivity index (χ1) is 11.7. The number of halogens is 1. The number of nitrogens with one attached hydrogen (secondary N) is 1. The normalized spacial score (nSPS) is 20.5. The van der Waals surface area contributed by atoms with Crippen molar-refractivity contribution in [3.63, 3.8) is 0 Å². The average molecular weight is 362 g/mol. The van der Waals surface area contributed by atoms with Crippen LogP contribution in [0.4, 0.5) is 4.39 Å². The number of nitrogens with zero attached hydrogens (tertiary/aromatic N) is 2. The van der Waals surface area contributed by atoms with Gasteiger partial charge in [-0.3, -0.25) is 0 Å². The summed E-state index contributed by atoms with van der Waals surface area (Å²) in [6.45, 7) is 1.71. The Balaban J connectivity index is 1.59. The highest BCUT2D eigenvalue weighted by atomic mass is 32.1. The van der Waals surface area contributed by atoms with Crippen molar-refractivity contribution in [1.82, 2.24) is 9.78 Å². The third kappa shape index (κ3) is 2.94. The Morgan fingerprint density at radius 3 is 3.00 bits per heavy atom. The molecule has 2 atom stereocenters. The minimum atomic E-state index is -0.356. The van der Waals surface area contributed by atoms with Gasteiger partial charge in [0.2, 0.25) is 5.89 Å². The van der Waals surface area contributed by atoms with E-state index in [-0.39, 0.29) is 16.5 Å². The van der Waals surface area contributed by atoms with Crippen molar-refractivity contribution in [2.45, 2.75) is 25.6 Å². The summed E-state index contributed by atoms with van der Waals surface area (Å²) in [5, 5.41) is 6.52. The number of hydrogen-bond acceptors (Lipinski definition) is 4. The van der Waals surface area contributed by atoms with Gasteiger partial charge in [0, 0.05) is 12.8 Å². The molecule has 4 nitrogen and oxygen atoms in total. The van der Waals surface area contributed by atoms with Crippen LogP contribution in [0.1, 0.15) is 23.8 Å². The zero-order chi connectivity index (χ0) is 16.5. The molecule has 1 unspecified atom stereocenters. The van der Waals surface area contributed by atoms with Gasteiger partial charge in [-0.2, -0.15) is 4.68 Å². The first-order valence-corrected chi connectivity index (χ1v) is 9.22. The molecule has 0 saturated carbocycles. The summed E-state index contributed by atoms with van der Waals surface area (Å²) in [7, 11) is 0. The highest BCUT2D eigenvalue weighted by Crippen LogP contribution is 2.24. The Morgan fingerprint density at radius 2 is 2.21 bits per heavy atom. The van der Waals surface area contributed by atoms with E-state index in [1.807, 2.05) is 0 Å². The number of rotatable bonds is 4. The third-order valence-electron chi connectivity index (χ3n) is 4.43. The quantitative estimate of drug-likeness (QED) is 0.722. The molecule has 1 aliphatic heterocycles. The smallest absolute Gasteiger partial charge is 0.292 e. The summed E-state index contributed by atoms with van der Waals surface area (Å²) in [5.74, 6) is -0.116. The lowest BCUT2D eigenvalue weighted by Crippen LogP contribution is -3.09. The molecule has 0 spiro atoms. The van der Waals surface area contributed by atoms with Gasteiger partial charge in [-0.05, 0) is 35.8 Å². The summed E-state index contributed by atoms with van der Waals surface area (Å²) in [6, 6.07) is 11.2. The summed E-state index contributed by atoms with van der Waals surface area (Å²) >= 11 is 7.08. The SMILES string of the molecule is Fc1ccccc1-c1nn(C[NH+]2CCC[C@H]2c2cccs2)c(=S)o1. The predicted octanol–water partition coefficient (Wildman–Crippen LogP) is 3.45. The van der Waals surface area contributed by atoms with Crippen LogP contribution in [0.5, 0.6) is 0 Å². The summed E-state index contributed by atoms with van der Waals surface area (Å²) in [5.41, 5.74) is 0.341. The fourth-order valence-corrected chi connectivity index (χ4v) is 4.38. The Morgan fingerprint density at radius 1 is 1.33 bits per heavy atom. The van der Waals surface area contributed by atoms with E-state index in [2.05, 4.69) is 22.6 Å². The molecule has 2 aromatic heterocycles. The Labute approximate surface area is 148 Å². The maximum absolute atomic E-state index is 13.9. The second kappa shape index (κ2) is 6.58. The highest BCUT2D eigenvalue weighted by Gasteiger charge is 2.31. The number of thiophene rings is 1. The molecular weight excluding hydrogens is 345 g/mol. The molecule has 1 fully saturated rings. The minimum Gasteiger partial charge on any atom is -0.409 e. The molecule has 0 bridgehead atoms. The lowest BCUT2D eigenvalue weighted by molar-refractivity contribution is -0.941. The van der Waals surface area contributed by atoms with Gasteiger partial charge in [-0.15, -0.1) is 16.4 Å². The van der Waals surface area contributed by atoms with Crippen LogP contribution in [0.25, 0.3) is 11.5 Å². The molecule has 1 aliphatic rings. The summed E-state index contributed by atoms with van der Waals surface area (Å²) < 4.78 is 21.1. The van der Waals surface area contributed by atoms with Crippen LogP contribution in [0.2, 0.25) is 0 Å². The third-order valence-corrected chi connectivity index (χ3v) is 5.71. The van der Waals surface area contributed by atoms with Crippen LogP contribution in [0, 0.1) is 10.7 Å². The van der Waals surface area contributed by atoms with E-state index in [1.54, 1.807) is 34.2 Å². The lowest BCUT2D eigenvalue weighted by atomic mass is 10.2. The maximum atomic E-state index is 13.9. The fourth-order valence-electron chi connectivity index (χ4n) is 3.28. The molecule has 3 heterocycles. The molecule has 7 heteroatoms. The first-order valence-electron chi connectivity index (χ1n) is 7.93. The molecule has 1 saturated heterocycles. The molecule has 124 valence electrons. The fraction of sp³-hybridized carbons (Fsp3) is 0.294. The molecule has 1 N–H and O–H groups in total. The van der Waals surface area contributed by atoms with Crippen molar-refractivity contribution in [2.75, 3.05) is 6.54 Å². The minimum absolute atomic E-state index is 0.240. The number of quaternary nitrogens is 1. The van der Waals surface area contributed by atoms with Gasteiger partial charge in [-0.1, -0.05) is 18.2 Å². The van der Waals surface area contributed by atoms with Gasteiger partial charge in [0.1, 0.15) is 11.9 Å². The summed E-state index contributed by atoms with van der Waals surface area (Å²) in [4.78, 5) is 3.10. The van der Waals surface area contributed by atoms with Crippen molar-refractivity contribution in [3.8, 4) is 11.5 Å². The van der Waals surface area contributed by atoms with Crippen molar-refractivity contribution < 1.29 is 13.7 Å². The predicted molar refractivity (Wildman–Crippen MR) is 92.8 cm³/mol. The van der Waals surface area contributed by atoms with E-state index in [4.69, 9.17) is 16.6 Å². The number of benzene rings is 1. The van der Waals surface area contributed by atoms with E-state index in [0.29, 0.717) is 18.3 Å². The number of aromatic nitrogens is 2. The summed E-state index contributed by atoms with van der Waals surface area (Å²) in [6.07, 6.45) is 2.35. The van der Waals surface area contributed by atoms with Gasteiger partial charge in [0.15, 0.2) is 6.67 Å². The van der Waals surface area contributed by atoms with Crippen molar-refractivity contribution in [1.29, 1.82) is 0 Å². The van der Waals surface area contributed by atoms with Crippen LogP contribution < -0.4 is 4.90 Å². The van der Waals surface area contributed by atoms with Crippen LogP contribution in [0.15, 0.2) is 46.2 Å². The molecule has 0 amide bonds. The van der Waals surface area contributed by atoms with E-state index in [0.717, 1.165) is 6.54 Å². The van der Waals surface area contributed by atoms with Crippen LogP contribution in [0.3, 0.4) is 0 Å². The van der Waals surface area contributed by atoms with Crippen molar-refractivity contribution in [3.05, 3.63) is 57.3 Å². The zero-order valence-electron chi connectivity index (χ0n) is 12.9. The Kier molecular flexibility index (Phi) is 4.30. The molecule has 0 aliphatic carbocycles. The van der Waals surface area contributed by atoms with E-state index >= 15 is 0 Å². The first kappa shape index (κ1) is 15.7. The van der Waals surface area contributed by atoms with E-state index in [9.17, 15) is 4.39 Å². The molecule has 0 radical (unpaired) electrons. The lowest BCUT2D eigenvalue weighted by Gasteiger charge is -2.19. The van der Waals surface area contributed by atoms with E-state index in [1.165, 1.54) is 28.7 Å². The Hall–Kier alpha value is -1.83. The van der Waals surface area contributed by atoms with Gasteiger partial charge in [-0.25, -0.2) is 4.39 Å². The molecule has 1 aromatic carbocycles. The molecule has 3 aromatic rings. The second-order valence-electron chi connectivity index (χ2n) is 5.93. The maximum Gasteiger partial charge on any atom is 0.292 e.